The topological polar surface area (TPSA) is 69.7 Å². The van der Waals surface area contributed by atoms with Crippen LogP contribution >= 0.6 is 27.5 Å². The van der Waals surface area contributed by atoms with Crippen LogP contribution in [0.1, 0.15) is 10.4 Å². The summed E-state index contributed by atoms with van der Waals surface area (Å²) in [4.78, 5) is 11.3. The molecule has 0 aliphatic heterocycles. The van der Waals surface area contributed by atoms with Crippen molar-refractivity contribution >= 4 is 43.6 Å². The molecule has 0 N–H and O–H groups in total. The summed E-state index contributed by atoms with van der Waals surface area (Å²) in [5.41, 5.74) is 0.0161. The maximum Gasteiger partial charge on any atom is 0.339 e. The van der Waals surface area contributed by atoms with E-state index in [4.69, 9.17) is 15.8 Å². The van der Waals surface area contributed by atoms with Crippen molar-refractivity contribution in [2.75, 3.05) is 7.11 Å². The first-order chi connectivity index (χ1) is 10.7. The summed E-state index contributed by atoms with van der Waals surface area (Å²) in [5.74, 6) is -1.57. The zero-order chi connectivity index (χ0) is 17.2. The van der Waals surface area contributed by atoms with E-state index in [1.54, 1.807) is 0 Å². The Kier molecular flexibility index (Phi) is 5.28. The number of hydrogen-bond acceptors (Lipinski definition) is 5. The molecule has 0 aromatic heterocycles. The van der Waals surface area contributed by atoms with Crippen molar-refractivity contribution in [2.45, 2.75) is 4.90 Å². The van der Waals surface area contributed by atoms with E-state index in [0.29, 0.717) is 4.47 Å². The predicted octanol–water partition coefficient (Wildman–Crippen LogP) is 3.80. The molecule has 0 saturated carbocycles. The van der Waals surface area contributed by atoms with Crippen LogP contribution in [-0.2, 0) is 14.9 Å². The highest BCUT2D eigenvalue weighted by molar-refractivity contribution is 9.10. The van der Waals surface area contributed by atoms with Gasteiger partial charge in [-0.15, -0.1) is 0 Å². The largest absolute Gasteiger partial charge is 0.465 e. The molecular formula is C14H9BrClFO5S. The van der Waals surface area contributed by atoms with Crippen LogP contribution in [0.2, 0.25) is 5.02 Å². The molecule has 0 spiro atoms. The SMILES string of the molecule is COC(=O)c1cc(S(=O)(=O)Oc2ccc(F)cc2Cl)ccc1Br. The maximum atomic E-state index is 13.0. The fourth-order valence-electron chi connectivity index (χ4n) is 1.64. The van der Waals surface area contributed by atoms with E-state index in [2.05, 4.69) is 20.7 Å². The molecule has 2 aromatic carbocycles. The molecule has 0 fully saturated rings. The molecule has 23 heavy (non-hydrogen) atoms. The number of rotatable bonds is 4. The second-order valence-electron chi connectivity index (χ2n) is 4.25. The Hall–Kier alpha value is -1.64. The molecule has 122 valence electrons. The first-order valence-corrected chi connectivity index (χ1v) is 8.60. The summed E-state index contributed by atoms with van der Waals surface area (Å²) in [7, 11) is -3.09. The van der Waals surface area contributed by atoms with Gasteiger partial charge in [-0.3, -0.25) is 0 Å². The van der Waals surface area contributed by atoms with Crippen LogP contribution in [0.5, 0.6) is 5.75 Å². The summed E-state index contributed by atoms with van der Waals surface area (Å²) in [6.07, 6.45) is 0. The highest BCUT2D eigenvalue weighted by Gasteiger charge is 2.22. The number of ether oxygens (including phenoxy) is 1. The van der Waals surface area contributed by atoms with E-state index < -0.39 is 21.9 Å². The average molecular weight is 424 g/mol. The summed E-state index contributed by atoms with van der Waals surface area (Å²) < 4.78 is 47.3. The van der Waals surface area contributed by atoms with Crippen LogP contribution in [0.4, 0.5) is 4.39 Å². The lowest BCUT2D eigenvalue weighted by Crippen LogP contribution is -2.12. The van der Waals surface area contributed by atoms with Crippen LogP contribution in [0.15, 0.2) is 45.8 Å². The second-order valence-corrected chi connectivity index (χ2v) is 7.05. The molecule has 5 nitrogen and oxygen atoms in total. The van der Waals surface area contributed by atoms with Gasteiger partial charge < -0.3 is 8.92 Å². The summed E-state index contributed by atoms with van der Waals surface area (Å²) >= 11 is 8.87. The van der Waals surface area contributed by atoms with Crippen molar-refractivity contribution in [2.24, 2.45) is 0 Å². The molecule has 0 amide bonds. The zero-order valence-electron chi connectivity index (χ0n) is 11.5. The minimum atomic E-state index is -4.27. The normalized spacial score (nSPS) is 11.1. The standard InChI is InChI=1S/C14H9BrClFO5S/c1-21-14(18)10-7-9(3-4-11(10)15)23(19,20)22-13-5-2-8(17)6-12(13)16/h2-7H,1H3. The highest BCUT2D eigenvalue weighted by Crippen LogP contribution is 2.29. The van der Waals surface area contributed by atoms with Crippen molar-refractivity contribution in [1.29, 1.82) is 0 Å². The first-order valence-electron chi connectivity index (χ1n) is 6.02. The summed E-state index contributed by atoms with van der Waals surface area (Å²) in [5, 5.41) is -0.195. The quantitative estimate of drug-likeness (QED) is 0.553. The average Bonchev–Trinajstić information content (AvgIpc) is 2.49. The summed E-state index contributed by atoms with van der Waals surface area (Å²) in [6, 6.07) is 6.74. The first kappa shape index (κ1) is 17.7. The number of methoxy groups -OCH3 is 1. The van der Waals surface area contributed by atoms with Gasteiger partial charge in [-0.25, -0.2) is 9.18 Å². The van der Waals surface area contributed by atoms with Gasteiger partial charge in [0, 0.05) is 4.47 Å². The Bertz CT molecular complexity index is 869. The van der Waals surface area contributed by atoms with Gasteiger partial charge in [0.15, 0.2) is 5.75 Å². The Balaban J connectivity index is 2.42. The molecule has 2 rings (SSSR count). The van der Waals surface area contributed by atoms with Crippen LogP contribution in [-0.4, -0.2) is 21.5 Å². The van der Waals surface area contributed by atoms with E-state index >= 15 is 0 Å². The lowest BCUT2D eigenvalue weighted by molar-refractivity contribution is 0.0599. The molecule has 0 saturated heterocycles. The number of halogens is 3. The van der Waals surface area contributed by atoms with E-state index in [1.807, 2.05) is 0 Å². The van der Waals surface area contributed by atoms with Gasteiger partial charge in [0.2, 0.25) is 0 Å². The van der Waals surface area contributed by atoms with Crippen molar-refractivity contribution in [3.63, 3.8) is 0 Å². The Labute approximate surface area is 145 Å². The van der Waals surface area contributed by atoms with Crippen molar-refractivity contribution in [3.05, 3.63) is 57.3 Å². The van der Waals surface area contributed by atoms with Gasteiger partial charge in [0.1, 0.15) is 10.7 Å². The molecule has 0 radical (unpaired) electrons. The van der Waals surface area contributed by atoms with Crippen LogP contribution < -0.4 is 4.18 Å². The third kappa shape index (κ3) is 4.01. The monoisotopic (exact) mass is 422 g/mol. The van der Waals surface area contributed by atoms with Crippen molar-refractivity contribution in [1.82, 2.24) is 0 Å². The van der Waals surface area contributed by atoms with Crippen LogP contribution in [0.3, 0.4) is 0 Å². The third-order valence-electron chi connectivity index (χ3n) is 2.73. The molecule has 0 unspecified atom stereocenters. The molecular weight excluding hydrogens is 415 g/mol. The zero-order valence-corrected chi connectivity index (χ0v) is 14.7. The number of hydrogen-bond donors (Lipinski definition) is 0. The smallest absolute Gasteiger partial charge is 0.339 e. The minimum absolute atomic E-state index is 0.0161. The fraction of sp³-hybridized carbons (Fsp3) is 0.0714. The van der Waals surface area contributed by atoms with Gasteiger partial charge in [0.05, 0.1) is 17.7 Å². The van der Waals surface area contributed by atoms with Gasteiger partial charge in [-0.2, -0.15) is 8.42 Å². The highest BCUT2D eigenvalue weighted by atomic mass is 79.9. The molecule has 0 bridgehead atoms. The Morgan fingerprint density at radius 3 is 2.52 bits per heavy atom. The van der Waals surface area contributed by atoms with Gasteiger partial charge in [-0.1, -0.05) is 11.6 Å². The van der Waals surface area contributed by atoms with Gasteiger partial charge in [-0.05, 0) is 52.3 Å². The Morgan fingerprint density at radius 1 is 1.22 bits per heavy atom. The van der Waals surface area contributed by atoms with Crippen molar-refractivity contribution < 1.29 is 26.5 Å². The summed E-state index contributed by atoms with van der Waals surface area (Å²) in [6.45, 7) is 0. The molecule has 0 heterocycles. The molecule has 2 aromatic rings. The van der Waals surface area contributed by atoms with Crippen LogP contribution in [0.25, 0.3) is 0 Å². The number of carbonyl (C=O) groups is 1. The second kappa shape index (κ2) is 6.86. The predicted molar refractivity (Wildman–Crippen MR) is 84.7 cm³/mol. The van der Waals surface area contributed by atoms with Gasteiger partial charge in [0.25, 0.3) is 0 Å². The fourth-order valence-corrected chi connectivity index (χ4v) is 3.27. The molecule has 0 aliphatic rings. The number of benzene rings is 2. The molecule has 0 atom stereocenters. The third-order valence-corrected chi connectivity index (χ3v) is 4.94. The number of carbonyl (C=O) groups excluding carboxylic acids is 1. The lowest BCUT2D eigenvalue weighted by atomic mass is 10.2. The maximum absolute atomic E-state index is 13.0. The van der Waals surface area contributed by atoms with Crippen molar-refractivity contribution in [3.8, 4) is 5.75 Å². The van der Waals surface area contributed by atoms with Crippen LogP contribution in [0, 0.1) is 5.82 Å². The Morgan fingerprint density at radius 2 is 1.91 bits per heavy atom. The lowest BCUT2D eigenvalue weighted by Gasteiger charge is -2.10. The molecule has 9 heteroatoms. The molecule has 0 aliphatic carbocycles. The minimum Gasteiger partial charge on any atom is -0.465 e. The van der Waals surface area contributed by atoms with Gasteiger partial charge >= 0.3 is 16.1 Å². The number of esters is 1. The van der Waals surface area contributed by atoms with E-state index in [-0.39, 0.29) is 21.2 Å². The van der Waals surface area contributed by atoms with E-state index in [0.717, 1.165) is 24.3 Å². The van der Waals surface area contributed by atoms with E-state index in [9.17, 15) is 17.6 Å². The van der Waals surface area contributed by atoms with E-state index in [1.165, 1.54) is 19.2 Å².